The van der Waals surface area contributed by atoms with Gasteiger partial charge in [0.05, 0.1) is 0 Å². The average Bonchev–Trinajstić information content (AvgIpc) is 2.58. The monoisotopic (exact) mass is 315 g/mol. The van der Waals surface area contributed by atoms with Gasteiger partial charge in [0.2, 0.25) is 5.95 Å². The molecular weight excluding hydrogens is 293 g/mol. The Labute approximate surface area is 136 Å². The molecule has 0 bridgehead atoms. The summed E-state index contributed by atoms with van der Waals surface area (Å²) in [6, 6.07) is 8.72. The normalized spacial score (nSPS) is 15.7. The van der Waals surface area contributed by atoms with Crippen LogP contribution in [0, 0.1) is 5.82 Å². The second-order valence-electron chi connectivity index (χ2n) is 6.00. The molecule has 0 N–H and O–H groups in total. The highest BCUT2D eigenvalue weighted by molar-refractivity contribution is 5.43. The van der Waals surface area contributed by atoms with Crippen molar-refractivity contribution in [3.05, 3.63) is 47.9 Å². The molecule has 0 aliphatic carbocycles. The van der Waals surface area contributed by atoms with Gasteiger partial charge in [-0.2, -0.15) is 4.98 Å². The van der Waals surface area contributed by atoms with E-state index in [2.05, 4.69) is 19.8 Å². The number of aromatic nitrogens is 2. The Morgan fingerprint density at radius 2 is 1.74 bits per heavy atom. The maximum absolute atomic E-state index is 13.0. The van der Waals surface area contributed by atoms with Crippen LogP contribution < -0.4 is 9.80 Å². The van der Waals surface area contributed by atoms with E-state index in [1.54, 1.807) is 0 Å². The van der Waals surface area contributed by atoms with Crippen LogP contribution >= 0.6 is 0 Å². The highest BCUT2D eigenvalue weighted by Crippen LogP contribution is 2.17. The van der Waals surface area contributed by atoms with Crippen molar-refractivity contribution in [3.8, 4) is 0 Å². The van der Waals surface area contributed by atoms with E-state index in [0.717, 1.165) is 50.1 Å². The van der Waals surface area contributed by atoms with Gasteiger partial charge < -0.3 is 9.80 Å². The van der Waals surface area contributed by atoms with Crippen LogP contribution in [0.5, 0.6) is 0 Å². The molecule has 5 nitrogen and oxygen atoms in total. The van der Waals surface area contributed by atoms with E-state index in [9.17, 15) is 4.39 Å². The van der Waals surface area contributed by atoms with Gasteiger partial charge in [-0.25, -0.2) is 9.37 Å². The van der Waals surface area contributed by atoms with Crippen molar-refractivity contribution in [2.75, 3.05) is 50.1 Å². The minimum Gasteiger partial charge on any atom is -0.354 e. The van der Waals surface area contributed by atoms with Gasteiger partial charge in [0.15, 0.2) is 0 Å². The Balaban J connectivity index is 1.58. The molecule has 122 valence electrons. The van der Waals surface area contributed by atoms with Crippen LogP contribution in [0.4, 0.5) is 16.2 Å². The van der Waals surface area contributed by atoms with Gasteiger partial charge in [-0.05, 0) is 23.8 Å². The molecule has 0 amide bonds. The van der Waals surface area contributed by atoms with Crippen LogP contribution in [0.1, 0.15) is 5.56 Å². The maximum Gasteiger partial charge on any atom is 0.226 e. The molecule has 23 heavy (non-hydrogen) atoms. The smallest absolute Gasteiger partial charge is 0.226 e. The summed E-state index contributed by atoms with van der Waals surface area (Å²) in [4.78, 5) is 15.4. The molecule has 1 saturated heterocycles. The van der Waals surface area contributed by atoms with Crippen LogP contribution in [-0.4, -0.2) is 55.1 Å². The first kappa shape index (κ1) is 15.7. The number of hydrogen-bond donors (Lipinski definition) is 0. The molecular formula is C17H22FN5. The van der Waals surface area contributed by atoms with Gasteiger partial charge in [0.25, 0.3) is 0 Å². The zero-order valence-electron chi connectivity index (χ0n) is 13.6. The maximum atomic E-state index is 13.0. The molecule has 0 saturated carbocycles. The molecule has 0 radical (unpaired) electrons. The molecule has 1 aromatic heterocycles. The van der Waals surface area contributed by atoms with Gasteiger partial charge in [-0.3, -0.25) is 4.90 Å². The lowest BCUT2D eigenvalue weighted by molar-refractivity contribution is 0.249. The third-order valence-electron chi connectivity index (χ3n) is 4.04. The Bertz CT molecular complexity index is 636. The third-order valence-corrected chi connectivity index (χ3v) is 4.04. The highest BCUT2D eigenvalue weighted by Gasteiger charge is 2.18. The van der Waals surface area contributed by atoms with Gasteiger partial charge in [0.1, 0.15) is 11.6 Å². The SMILES string of the molecule is CN(C)c1nccc(N2CCN(Cc3ccc(F)cc3)CC2)n1. The van der Waals surface area contributed by atoms with Crippen molar-refractivity contribution in [1.29, 1.82) is 0 Å². The predicted octanol–water partition coefficient (Wildman–Crippen LogP) is 2.00. The standard InChI is InChI=1S/C17H22FN5/c1-21(2)17-19-8-7-16(20-17)23-11-9-22(10-12-23)13-14-3-5-15(18)6-4-14/h3-8H,9-13H2,1-2H3. The lowest BCUT2D eigenvalue weighted by atomic mass is 10.2. The van der Waals surface area contributed by atoms with Gasteiger partial charge in [-0.15, -0.1) is 0 Å². The van der Waals surface area contributed by atoms with Crippen molar-refractivity contribution in [2.45, 2.75) is 6.54 Å². The molecule has 2 heterocycles. The summed E-state index contributed by atoms with van der Waals surface area (Å²) in [6.45, 7) is 4.67. The number of rotatable bonds is 4. The van der Waals surface area contributed by atoms with Crippen molar-refractivity contribution >= 4 is 11.8 Å². The number of anilines is 2. The van der Waals surface area contributed by atoms with Gasteiger partial charge >= 0.3 is 0 Å². The van der Waals surface area contributed by atoms with E-state index in [1.807, 2.05) is 43.4 Å². The largest absolute Gasteiger partial charge is 0.354 e. The molecule has 1 aliphatic rings. The molecule has 1 aromatic carbocycles. The minimum atomic E-state index is -0.181. The summed E-state index contributed by atoms with van der Waals surface area (Å²) < 4.78 is 13.0. The number of nitrogens with zero attached hydrogens (tertiary/aromatic N) is 5. The summed E-state index contributed by atoms with van der Waals surface area (Å²) in [5, 5.41) is 0. The molecule has 0 atom stereocenters. The van der Waals surface area contributed by atoms with Crippen LogP contribution in [0.2, 0.25) is 0 Å². The first-order chi connectivity index (χ1) is 11.1. The molecule has 0 unspecified atom stereocenters. The Morgan fingerprint density at radius 1 is 1.04 bits per heavy atom. The lowest BCUT2D eigenvalue weighted by Crippen LogP contribution is -2.46. The minimum absolute atomic E-state index is 0.181. The van der Waals surface area contributed by atoms with Crippen molar-refractivity contribution in [2.24, 2.45) is 0 Å². The van der Waals surface area contributed by atoms with Crippen LogP contribution in [0.15, 0.2) is 36.5 Å². The average molecular weight is 315 g/mol. The fraction of sp³-hybridized carbons (Fsp3) is 0.412. The second-order valence-corrected chi connectivity index (χ2v) is 6.00. The fourth-order valence-electron chi connectivity index (χ4n) is 2.71. The topological polar surface area (TPSA) is 35.5 Å². The molecule has 3 rings (SSSR count). The summed E-state index contributed by atoms with van der Waals surface area (Å²) >= 11 is 0. The molecule has 1 fully saturated rings. The number of benzene rings is 1. The first-order valence-electron chi connectivity index (χ1n) is 7.84. The zero-order chi connectivity index (χ0) is 16.2. The molecule has 2 aromatic rings. The molecule has 1 aliphatic heterocycles. The van der Waals surface area contributed by atoms with E-state index in [4.69, 9.17) is 0 Å². The summed E-state index contributed by atoms with van der Waals surface area (Å²) in [5.41, 5.74) is 1.15. The molecule has 6 heteroatoms. The van der Waals surface area contributed by atoms with Gasteiger partial charge in [0, 0.05) is 53.0 Å². The van der Waals surface area contributed by atoms with E-state index in [0.29, 0.717) is 0 Å². The quantitative estimate of drug-likeness (QED) is 0.862. The molecule has 0 spiro atoms. The van der Waals surface area contributed by atoms with E-state index in [1.165, 1.54) is 12.1 Å². The van der Waals surface area contributed by atoms with E-state index >= 15 is 0 Å². The predicted molar refractivity (Wildman–Crippen MR) is 90.2 cm³/mol. The van der Waals surface area contributed by atoms with E-state index < -0.39 is 0 Å². The van der Waals surface area contributed by atoms with Crippen LogP contribution in [0.3, 0.4) is 0 Å². The second kappa shape index (κ2) is 6.91. The summed E-state index contributed by atoms with van der Waals surface area (Å²) in [7, 11) is 3.89. The highest BCUT2D eigenvalue weighted by atomic mass is 19.1. The van der Waals surface area contributed by atoms with Crippen LogP contribution in [0.25, 0.3) is 0 Å². The van der Waals surface area contributed by atoms with Crippen LogP contribution in [-0.2, 0) is 6.54 Å². The van der Waals surface area contributed by atoms with Crippen molar-refractivity contribution in [1.82, 2.24) is 14.9 Å². The number of piperazine rings is 1. The Hall–Kier alpha value is -2.21. The summed E-state index contributed by atoms with van der Waals surface area (Å²) in [6.07, 6.45) is 1.81. The third kappa shape index (κ3) is 3.96. The lowest BCUT2D eigenvalue weighted by Gasteiger charge is -2.35. The zero-order valence-corrected chi connectivity index (χ0v) is 13.6. The van der Waals surface area contributed by atoms with E-state index in [-0.39, 0.29) is 5.82 Å². The number of hydrogen-bond acceptors (Lipinski definition) is 5. The fourth-order valence-corrected chi connectivity index (χ4v) is 2.71. The summed E-state index contributed by atoms with van der Waals surface area (Å²) in [5.74, 6) is 1.53. The Morgan fingerprint density at radius 3 is 2.39 bits per heavy atom. The van der Waals surface area contributed by atoms with Gasteiger partial charge in [-0.1, -0.05) is 12.1 Å². The number of halogens is 1. The van der Waals surface area contributed by atoms with Crippen molar-refractivity contribution < 1.29 is 4.39 Å². The Kier molecular flexibility index (Phi) is 4.71. The first-order valence-corrected chi connectivity index (χ1v) is 7.84. The van der Waals surface area contributed by atoms with Crippen molar-refractivity contribution in [3.63, 3.8) is 0 Å².